The number of esters is 1. The van der Waals surface area contributed by atoms with Crippen molar-refractivity contribution in [2.24, 2.45) is 0 Å². The number of ether oxygens (including phenoxy) is 1. The van der Waals surface area contributed by atoms with Gasteiger partial charge in [0, 0.05) is 17.7 Å². The van der Waals surface area contributed by atoms with Crippen molar-refractivity contribution in [3.63, 3.8) is 0 Å². The number of halogens is 2. The van der Waals surface area contributed by atoms with Gasteiger partial charge in [0.1, 0.15) is 0 Å². The van der Waals surface area contributed by atoms with Gasteiger partial charge in [0.2, 0.25) is 0 Å². The van der Waals surface area contributed by atoms with Crippen LogP contribution in [0.4, 0.5) is 8.78 Å². The molecule has 6 heteroatoms. The summed E-state index contributed by atoms with van der Waals surface area (Å²) in [6.07, 6.45) is 1.27. The third-order valence-electron chi connectivity index (χ3n) is 4.83. The molecule has 1 amide bonds. The third kappa shape index (κ3) is 2.49. The highest BCUT2D eigenvalue weighted by atomic mass is 19.2. The van der Waals surface area contributed by atoms with Crippen molar-refractivity contribution >= 4 is 11.9 Å². The fourth-order valence-corrected chi connectivity index (χ4v) is 3.66. The Morgan fingerprint density at radius 1 is 1.12 bits per heavy atom. The van der Waals surface area contributed by atoms with Crippen LogP contribution in [0.5, 0.6) is 0 Å². The summed E-state index contributed by atoms with van der Waals surface area (Å²) in [5, 5.41) is 0. The van der Waals surface area contributed by atoms with Crippen LogP contribution in [0.25, 0.3) is 0 Å². The zero-order valence-electron chi connectivity index (χ0n) is 13.3. The van der Waals surface area contributed by atoms with E-state index in [4.69, 9.17) is 4.74 Å². The van der Waals surface area contributed by atoms with E-state index in [0.29, 0.717) is 24.9 Å². The number of hydrogen-bond donors (Lipinski definition) is 0. The second-order valence-corrected chi connectivity index (χ2v) is 6.39. The lowest BCUT2D eigenvalue weighted by Gasteiger charge is -2.39. The number of piperidine rings is 1. The molecule has 2 aromatic rings. The minimum atomic E-state index is -1.06. The first-order chi connectivity index (χ1) is 12.0. The van der Waals surface area contributed by atoms with Gasteiger partial charge in [-0.05, 0) is 37.1 Å². The maximum Gasteiger partial charge on any atom is 0.339 e. The summed E-state index contributed by atoms with van der Waals surface area (Å²) >= 11 is 0. The Balaban J connectivity index is 1.65. The van der Waals surface area contributed by atoms with E-state index in [9.17, 15) is 18.4 Å². The van der Waals surface area contributed by atoms with E-state index in [1.165, 1.54) is 11.0 Å². The molecule has 2 aliphatic rings. The lowest BCUT2D eigenvalue weighted by atomic mass is 9.85. The second kappa shape index (κ2) is 5.65. The highest BCUT2D eigenvalue weighted by molar-refractivity contribution is 5.96. The molecule has 128 valence electrons. The Kier molecular flexibility index (Phi) is 3.56. The Morgan fingerprint density at radius 3 is 2.72 bits per heavy atom. The molecule has 0 N–H and O–H groups in total. The average molecular weight is 343 g/mol. The van der Waals surface area contributed by atoms with E-state index in [1.807, 2.05) is 12.1 Å². The van der Waals surface area contributed by atoms with E-state index in [-0.39, 0.29) is 12.1 Å². The van der Waals surface area contributed by atoms with Crippen LogP contribution in [0.1, 0.15) is 39.1 Å². The zero-order chi connectivity index (χ0) is 17.6. The number of rotatable bonds is 1. The van der Waals surface area contributed by atoms with E-state index in [1.54, 1.807) is 12.1 Å². The number of carbonyl (C=O) groups is 2. The van der Waals surface area contributed by atoms with Crippen molar-refractivity contribution < 1.29 is 23.1 Å². The fraction of sp³-hybridized carbons (Fsp3) is 0.263. The topological polar surface area (TPSA) is 46.6 Å². The molecule has 1 saturated heterocycles. The maximum atomic E-state index is 13.4. The zero-order valence-corrected chi connectivity index (χ0v) is 13.3. The predicted octanol–water partition coefficient (Wildman–Crippen LogP) is 3.27. The van der Waals surface area contributed by atoms with Gasteiger partial charge < -0.3 is 9.64 Å². The minimum absolute atomic E-state index is 0.0774. The van der Waals surface area contributed by atoms with Gasteiger partial charge in [-0.3, -0.25) is 4.79 Å². The standard InChI is InChI=1S/C19H15F2NO3/c20-15-7-6-12(10-16(15)21)17(23)22-9-3-8-19(11-22)14-5-2-1-4-13(14)18(24)25-19/h1-2,4-7,10H,3,8-9,11H2/t19-/m1/s1. The normalized spacial score (nSPS) is 22.0. The maximum absolute atomic E-state index is 13.4. The van der Waals surface area contributed by atoms with Gasteiger partial charge in [0.15, 0.2) is 17.2 Å². The molecule has 1 atom stereocenters. The second-order valence-electron chi connectivity index (χ2n) is 6.39. The molecular formula is C19H15F2NO3. The molecule has 0 aromatic heterocycles. The van der Waals surface area contributed by atoms with Crippen molar-refractivity contribution in [1.82, 2.24) is 4.90 Å². The lowest BCUT2D eigenvalue weighted by Crippen LogP contribution is -2.48. The number of amides is 1. The number of nitrogens with zero attached hydrogens (tertiary/aromatic N) is 1. The summed E-state index contributed by atoms with van der Waals surface area (Å²) in [5.41, 5.74) is 0.515. The first kappa shape index (κ1) is 15.7. The summed E-state index contributed by atoms with van der Waals surface area (Å²) in [5.74, 6) is -2.85. The summed E-state index contributed by atoms with van der Waals surface area (Å²) in [7, 11) is 0. The van der Waals surface area contributed by atoms with Crippen LogP contribution < -0.4 is 0 Å². The minimum Gasteiger partial charge on any atom is -0.449 e. The summed E-state index contributed by atoms with van der Waals surface area (Å²) in [6, 6.07) is 10.2. The van der Waals surface area contributed by atoms with Crippen LogP contribution in [0.2, 0.25) is 0 Å². The molecule has 0 saturated carbocycles. The van der Waals surface area contributed by atoms with Crippen LogP contribution in [0.3, 0.4) is 0 Å². The van der Waals surface area contributed by atoms with Crippen molar-refractivity contribution in [3.8, 4) is 0 Å². The molecule has 2 aliphatic heterocycles. The number of hydrogen-bond acceptors (Lipinski definition) is 3. The van der Waals surface area contributed by atoms with Crippen LogP contribution in [0.15, 0.2) is 42.5 Å². The van der Waals surface area contributed by atoms with Gasteiger partial charge >= 0.3 is 5.97 Å². The lowest BCUT2D eigenvalue weighted by molar-refractivity contribution is -0.0442. The predicted molar refractivity (Wildman–Crippen MR) is 85.0 cm³/mol. The molecule has 0 radical (unpaired) electrons. The van der Waals surface area contributed by atoms with Crippen LogP contribution in [-0.2, 0) is 10.3 Å². The largest absolute Gasteiger partial charge is 0.449 e. The highest BCUT2D eigenvalue weighted by Gasteiger charge is 2.48. The van der Waals surface area contributed by atoms with Gasteiger partial charge in [0.05, 0.1) is 12.1 Å². The first-order valence-electron chi connectivity index (χ1n) is 8.07. The third-order valence-corrected chi connectivity index (χ3v) is 4.83. The molecule has 0 unspecified atom stereocenters. The quantitative estimate of drug-likeness (QED) is 0.747. The van der Waals surface area contributed by atoms with Crippen LogP contribution in [-0.4, -0.2) is 29.9 Å². The molecule has 2 aromatic carbocycles. The van der Waals surface area contributed by atoms with Gasteiger partial charge in [-0.15, -0.1) is 0 Å². The van der Waals surface area contributed by atoms with Gasteiger partial charge in [0.25, 0.3) is 5.91 Å². The molecule has 1 fully saturated rings. The Hall–Kier alpha value is -2.76. The highest BCUT2D eigenvalue weighted by Crippen LogP contribution is 2.43. The molecule has 2 heterocycles. The molecule has 0 aliphatic carbocycles. The number of carbonyl (C=O) groups excluding carboxylic acids is 2. The Bertz CT molecular complexity index is 883. The number of fused-ring (bicyclic) bond motifs is 2. The smallest absolute Gasteiger partial charge is 0.339 e. The van der Waals surface area contributed by atoms with Crippen LogP contribution >= 0.6 is 0 Å². The van der Waals surface area contributed by atoms with Gasteiger partial charge in [-0.1, -0.05) is 18.2 Å². The molecule has 1 spiro atoms. The summed E-state index contributed by atoms with van der Waals surface area (Å²) < 4.78 is 32.2. The summed E-state index contributed by atoms with van der Waals surface area (Å²) in [6.45, 7) is 0.673. The van der Waals surface area contributed by atoms with Crippen molar-refractivity contribution in [1.29, 1.82) is 0 Å². The van der Waals surface area contributed by atoms with E-state index in [0.717, 1.165) is 17.7 Å². The Morgan fingerprint density at radius 2 is 1.92 bits per heavy atom. The van der Waals surface area contributed by atoms with Crippen molar-refractivity contribution in [2.75, 3.05) is 13.1 Å². The van der Waals surface area contributed by atoms with Gasteiger partial charge in [-0.2, -0.15) is 0 Å². The molecule has 25 heavy (non-hydrogen) atoms. The molecule has 4 nitrogen and oxygen atoms in total. The van der Waals surface area contributed by atoms with Crippen LogP contribution in [0, 0.1) is 11.6 Å². The Labute approximate surface area is 143 Å². The number of likely N-dealkylation sites (tertiary alicyclic amines) is 1. The molecule has 0 bridgehead atoms. The monoisotopic (exact) mass is 343 g/mol. The van der Waals surface area contributed by atoms with E-state index < -0.39 is 29.1 Å². The van der Waals surface area contributed by atoms with Gasteiger partial charge in [-0.25, -0.2) is 13.6 Å². The molecular weight excluding hydrogens is 328 g/mol. The van der Waals surface area contributed by atoms with Crippen molar-refractivity contribution in [2.45, 2.75) is 18.4 Å². The molecule has 4 rings (SSSR count). The SMILES string of the molecule is O=C1O[C@@]2(CCCN(C(=O)c3ccc(F)c(F)c3)C2)c2ccccc21. The van der Waals surface area contributed by atoms with E-state index >= 15 is 0 Å². The average Bonchev–Trinajstić information content (AvgIpc) is 2.89. The van der Waals surface area contributed by atoms with E-state index in [2.05, 4.69) is 0 Å². The fourth-order valence-electron chi connectivity index (χ4n) is 3.66. The first-order valence-corrected chi connectivity index (χ1v) is 8.07. The summed E-state index contributed by atoms with van der Waals surface area (Å²) in [4.78, 5) is 26.4. The van der Waals surface area contributed by atoms with Crippen molar-refractivity contribution in [3.05, 3.63) is 70.8 Å². The number of benzene rings is 2.